The van der Waals surface area contributed by atoms with E-state index in [9.17, 15) is 19.8 Å². The van der Waals surface area contributed by atoms with Gasteiger partial charge >= 0.3 is 23.1 Å². The zero-order valence-corrected chi connectivity index (χ0v) is 15.6. The Hall–Kier alpha value is 1.21. The number of carbonyl (C=O) groups excluding carboxylic acids is 2. The fourth-order valence-corrected chi connectivity index (χ4v) is 0. The van der Waals surface area contributed by atoms with E-state index in [1.807, 2.05) is 0 Å². The van der Waals surface area contributed by atoms with Crippen molar-refractivity contribution in [3.05, 3.63) is 0 Å². The molecule has 12 N–H and O–H groups in total. The van der Waals surface area contributed by atoms with Crippen LogP contribution in [0, 0.1) is 0 Å². The van der Waals surface area contributed by atoms with E-state index in [1.165, 1.54) is 0 Å². The third-order valence-corrected chi connectivity index (χ3v) is 1.39. The van der Waals surface area contributed by atoms with Gasteiger partial charge in [-0.2, -0.15) is 0 Å². The van der Waals surface area contributed by atoms with E-state index >= 15 is 0 Å². The first kappa shape index (κ1) is 57.3. The van der Waals surface area contributed by atoms with Crippen LogP contribution in [0.2, 0.25) is 0 Å². The van der Waals surface area contributed by atoms with Crippen molar-refractivity contribution in [1.82, 2.24) is 0 Å². The van der Waals surface area contributed by atoms with Crippen LogP contribution in [-0.2, 0) is 9.59 Å². The number of carboxylic acids is 2. The molecule has 0 unspecified atom stereocenters. The van der Waals surface area contributed by atoms with Gasteiger partial charge in [-0.05, 0) is 0 Å². The molecule has 0 atom stereocenters. The normalized spacial score (nSPS) is 7.52. The van der Waals surface area contributed by atoms with Crippen LogP contribution < -0.4 is 10.2 Å². The average Bonchev–Trinajstić information content (AvgIpc) is 1.83. The Labute approximate surface area is 164 Å². The second kappa shape index (κ2) is 23.5. The summed E-state index contributed by atoms with van der Waals surface area (Å²) in [4.78, 5) is 19.0. The van der Waals surface area contributed by atoms with E-state index in [0.29, 0.717) is 0 Å². The largest absolute Gasteiger partial charge is 2.00 e. The third kappa shape index (κ3) is 44.9. The van der Waals surface area contributed by atoms with Crippen molar-refractivity contribution >= 4 is 105 Å². The Bertz CT molecular complexity index is 205. The summed E-state index contributed by atoms with van der Waals surface area (Å²) in [6.45, 7) is 0. The van der Waals surface area contributed by atoms with Gasteiger partial charge in [0.15, 0.2) is 0 Å². The zero-order chi connectivity index (χ0) is 12.2. The summed E-state index contributed by atoms with van der Waals surface area (Å²) in [6, 6.07) is 0. The first-order chi connectivity index (χ1) is 5.89. The maximum Gasteiger partial charge on any atom is 2.00 e. The van der Waals surface area contributed by atoms with Gasteiger partial charge in [-0.1, -0.05) is 69.6 Å². The van der Waals surface area contributed by atoms with Crippen molar-refractivity contribution in [2.45, 2.75) is 7.59 Å². The SMILES string of the molecule is O.O.O.O.O.O.O=C([O-])C(Cl)(Cl)Cl.O=C([O-])C(Cl)(Cl)Cl.[Mg+2]. The van der Waals surface area contributed by atoms with Crippen molar-refractivity contribution < 1.29 is 52.7 Å². The van der Waals surface area contributed by atoms with Crippen LogP contribution in [0.1, 0.15) is 0 Å². The molecule has 132 valence electrons. The molecule has 10 nitrogen and oxygen atoms in total. The summed E-state index contributed by atoms with van der Waals surface area (Å²) in [5, 5.41) is 19.0. The minimum absolute atomic E-state index is 0. The minimum atomic E-state index is -2.28. The van der Waals surface area contributed by atoms with Gasteiger partial charge in [-0.15, -0.1) is 0 Å². The van der Waals surface area contributed by atoms with Crippen LogP contribution in [0.15, 0.2) is 0 Å². The van der Waals surface area contributed by atoms with Crippen molar-refractivity contribution in [3.63, 3.8) is 0 Å². The van der Waals surface area contributed by atoms with Crippen LogP contribution >= 0.6 is 69.6 Å². The van der Waals surface area contributed by atoms with Gasteiger partial charge in [0.1, 0.15) is 0 Å². The maximum atomic E-state index is 9.51. The van der Waals surface area contributed by atoms with E-state index in [1.54, 1.807) is 0 Å². The van der Waals surface area contributed by atoms with Crippen molar-refractivity contribution in [3.8, 4) is 0 Å². The summed E-state index contributed by atoms with van der Waals surface area (Å²) in [7, 11) is 0. The Morgan fingerprint density at radius 3 is 0.619 bits per heavy atom. The van der Waals surface area contributed by atoms with Crippen LogP contribution in [0.25, 0.3) is 0 Å². The smallest absolute Gasteiger partial charge is 0.545 e. The zero-order valence-electron chi connectivity index (χ0n) is 9.61. The molecule has 0 aromatic rings. The number of carbonyl (C=O) groups is 2. The maximum absolute atomic E-state index is 9.51. The molecule has 0 amide bonds. The second-order valence-electron chi connectivity index (χ2n) is 1.57. The number of carboxylic acid groups (broad SMARTS) is 2. The number of hydrogen-bond acceptors (Lipinski definition) is 4. The molecule has 0 spiro atoms. The number of alkyl halides is 6. The third-order valence-electron chi connectivity index (χ3n) is 0.463. The first-order valence-electron chi connectivity index (χ1n) is 2.45. The molecular formula is C4H12Cl6MgO10. The van der Waals surface area contributed by atoms with Gasteiger partial charge in [-0.25, -0.2) is 0 Å². The van der Waals surface area contributed by atoms with Crippen molar-refractivity contribution in [2.24, 2.45) is 0 Å². The van der Waals surface area contributed by atoms with Gasteiger partial charge < -0.3 is 52.7 Å². The summed E-state index contributed by atoms with van der Waals surface area (Å²) in [5.74, 6) is -3.42. The van der Waals surface area contributed by atoms with Crippen LogP contribution in [-0.4, -0.2) is 75.4 Å². The van der Waals surface area contributed by atoms with E-state index in [0.717, 1.165) is 0 Å². The monoisotopic (exact) mass is 454 g/mol. The molecule has 0 aromatic heterocycles. The van der Waals surface area contributed by atoms with Gasteiger partial charge in [0, 0.05) is 0 Å². The van der Waals surface area contributed by atoms with Gasteiger partial charge in [0.05, 0.1) is 11.9 Å². The Kier molecular flexibility index (Phi) is 64.0. The Morgan fingerprint density at radius 2 is 0.619 bits per heavy atom. The molecule has 0 heterocycles. The molecule has 0 rings (SSSR count). The van der Waals surface area contributed by atoms with Crippen LogP contribution in [0.4, 0.5) is 0 Å². The predicted molar refractivity (Wildman–Crippen MR) is 78.0 cm³/mol. The molecule has 0 aromatic carbocycles. The Morgan fingerprint density at radius 1 is 0.571 bits per heavy atom. The molecule has 0 saturated heterocycles. The molecule has 0 saturated carbocycles. The van der Waals surface area contributed by atoms with Gasteiger partial charge in [-0.3, -0.25) is 0 Å². The average molecular weight is 457 g/mol. The van der Waals surface area contributed by atoms with Gasteiger partial charge in [0.25, 0.3) is 0 Å². The second-order valence-corrected chi connectivity index (χ2v) is 6.13. The molecular weight excluding hydrogens is 445 g/mol. The van der Waals surface area contributed by atoms with Crippen molar-refractivity contribution in [1.29, 1.82) is 0 Å². The molecule has 17 heteroatoms. The fourth-order valence-electron chi connectivity index (χ4n) is 0. The molecule has 21 heavy (non-hydrogen) atoms. The van der Waals surface area contributed by atoms with E-state index in [2.05, 4.69) is 0 Å². The van der Waals surface area contributed by atoms with Gasteiger partial charge in [0.2, 0.25) is 7.59 Å². The molecule has 0 aliphatic carbocycles. The molecule has 0 aliphatic heterocycles. The first-order valence-corrected chi connectivity index (χ1v) is 4.72. The number of halogens is 6. The summed E-state index contributed by atoms with van der Waals surface area (Å²) < 4.78 is -4.56. The molecule has 0 aliphatic rings. The molecule has 0 fully saturated rings. The summed E-state index contributed by atoms with van der Waals surface area (Å²) in [6.07, 6.45) is 0. The van der Waals surface area contributed by atoms with E-state index < -0.39 is 19.5 Å². The fraction of sp³-hybridized carbons (Fsp3) is 0.500. The topological polar surface area (TPSA) is 269 Å². The molecule has 0 radical (unpaired) electrons. The van der Waals surface area contributed by atoms with E-state index in [4.69, 9.17) is 69.6 Å². The minimum Gasteiger partial charge on any atom is -0.545 e. The quantitative estimate of drug-likeness (QED) is 0.255. The Balaban J connectivity index is -0.0000000147. The standard InChI is InChI=1S/2C2HCl3O2.Mg.6H2O/c2*3-2(4,5)1(6)7;;;;;;;/h2*(H,6,7);;6*1H2/q;;+2;;;;;;/p-2. The van der Waals surface area contributed by atoms with E-state index in [-0.39, 0.29) is 55.9 Å². The molecule has 0 bridgehead atoms. The number of hydrogen-bond donors (Lipinski definition) is 0. The number of rotatable bonds is 0. The number of aliphatic carboxylic acids is 2. The predicted octanol–water partition coefficient (Wildman–Crippen LogP) is -5.12. The van der Waals surface area contributed by atoms with Crippen molar-refractivity contribution in [2.75, 3.05) is 0 Å². The summed E-state index contributed by atoms with van der Waals surface area (Å²) >= 11 is 28.4. The van der Waals surface area contributed by atoms with Crippen LogP contribution in [0.3, 0.4) is 0 Å². The van der Waals surface area contributed by atoms with Crippen LogP contribution in [0.5, 0.6) is 0 Å². The summed E-state index contributed by atoms with van der Waals surface area (Å²) in [5.41, 5.74) is 0.